The standard InChI is InChI=1S/C38H42FN4/c1-23-20-31(39)30(26-14-12-11-13-15-26)22-29(23)32-21-27(16-17-43(32)10)33-24(2)18-28(19-25(33)3)34-40-35(37(4,5)6)42-36(41-34)38(7,8)9/h11-22H,1-10H3/q+1/i2D3,3D3. The van der Waals surface area contributed by atoms with Crippen molar-refractivity contribution in [3.63, 3.8) is 0 Å². The maximum absolute atomic E-state index is 15.3. The highest BCUT2D eigenvalue weighted by atomic mass is 19.1. The average Bonchev–Trinajstić information content (AvgIpc) is 2.99. The van der Waals surface area contributed by atoms with Crippen LogP contribution in [0.15, 0.2) is 72.9 Å². The third kappa shape index (κ3) is 6.13. The van der Waals surface area contributed by atoms with Gasteiger partial charge in [0.05, 0.1) is 0 Å². The average molecular weight is 580 g/mol. The quantitative estimate of drug-likeness (QED) is 0.200. The second kappa shape index (κ2) is 11.1. The number of halogens is 1. The minimum absolute atomic E-state index is 0.0924. The molecule has 0 atom stereocenters. The molecule has 220 valence electrons. The molecule has 5 rings (SSSR count). The monoisotopic (exact) mass is 579 g/mol. The summed E-state index contributed by atoms with van der Waals surface area (Å²) in [4.78, 5) is 14.2. The molecule has 2 heterocycles. The van der Waals surface area contributed by atoms with E-state index in [1.807, 2.05) is 90.4 Å². The summed E-state index contributed by atoms with van der Waals surface area (Å²) in [5.41, 5.74) is 2.80. The molecule has 0 aliphatic heterocycles. The highest BCUT2D eigenvalue weighted by molar-refractivity contribution is 5.79. The van der Waals surface area contributed by atoms with Crippen molar-refractivity contribution in [2.45, 2.75) is 73.0 Å². The largest absolute Gasteiger partial charge is 0.217 e. The maximum Gasteiger partial charge on any atom is 0.213 e. The summed E-state index contributed by atoms with van der Waals surface area (Å²) >= 11 is 0. The molecule has 0 radical (unpaired) electrons. The molecule has 0 fully saturated rings. The van der Waals surface area contributed by atoms with Crippen molar-refractivity contribution >= 4 is 0 Å². The zero-order valence-electron chi connectivity index (χ0n) is 32.1. The number of pyridine rings is 1. The first kappa shape index (κ1) is 23.2. The first-order valence-electron chi connectivity index (χ1n) is 17.4. The van der Waals surface area contributed by atoms with E-state index >= 15 is 4.39 Å². The van der Waals surface area contributed by atoms with Gasteiger partial charge in [0.1, 0.15) is 24.5 Å². The Kier molecular flexibility index (Phi) is 6.00. The summed E-state index contributed by atoms with van der Waals surface area (Å²) in [5, 5.41) is 0. The second-order valence-corrected chi connectivity index (χ2v) is 13.2. The van der Waals surface area contributed by atoms with Crippen LogP contribution in [-0.4, -0.2) is 15.0 Å². The zero-order valence-corrected chi connectivity index (χ0v) is 26.1. The Balaban J connectivity index is 1.80. The highest BCUT2D eigenvalue weighted by Crippen LogP contribution is 2.36. The van der Waals surface area contributed by atoms with E-state index in [1.54, 1.807) is 24.4 Å². The first-order chi connectivity index (χ1) is 22.6. The van der Waals surface area contributed by atoms with Crippen LogP contribution in [0.4, 0.5) is 4.39 Å². The fourth-order valence-corrected chi connectivity index (χ4v) is 5.04. The Morgan fingerprint density at radius 1 is 0.674 bits per heavy atom. The third-order valence-corrected chi connectivity index (χ3v) is 7.49. The molecule has 0 amide bonds. The molecule has 43 heavy (non-hydrogen) atoms. The lowest BCUT2D eigenvalue weighted by Crippen LogP contribution is -2.30. The first-order valence-corrected chi connectivity index (χ1v) is 14.4. The second-order valence-electron chi connectivity index (χ2n) is 13.2. The lowest BCUT2D eigenvalue weighted by molar-refractivity contribution is -0.660. The van der Waals surface area contributed by atoms with Gasteiger partial charge in [-0.25, -0.2) is 23.9 Å². The van der Waals surface area contributed by atoms with Gasteiger partial charge in [-0.15, -0.1) is 0 Å². The number of hydrogen-bond donors (Lipinski definition) is 0. The Labute approximate surface area is 264 Å². The van der Waals surface area contributed by atoms with Gasteiger partial charge in [-0.05, 0) is 78.3 Å². The number of nitrogens with zero attached hydrogens (tertiary/aromatic N) is 4. The van der Waals surface area contributed by atoms with E-state index in [-0.39, 0.29) is 33.9 Å². The van der Waals surface area contributed by atoms with Crippen molar-refractivity contribution in [3.05, 3.63) is 107 Å². The van der Waals surface area contributed by atoms with Crippen LogP contribution < -0.4 is 4.57 Å². The smallest absolute Gasteiger partial charge is 0.213 e. The minimum atomic E-state index is -2.69. The zero-order chi connectivity index (χ0) is 36.3. The van der Waals surface area contributed by atoms with Crippen molar-refractivity contribution in [2.75, 3.05) is 0 Å². The molecule has 0 saturated heterocycles. The van der Waals surface area contributed by atoms with Gasteiger partial charge in [0.2, 0.25) is 5.69 Å². The summed E-state index contributed by atoms with van der Waals surface area (Å²) in [6.07, 6.45) is 1.76. The summed E-state index contributed by atoms with van der Waals surface area (Å²) in [5.74, 6) is 0.880. The van der Waals surface area contributed by atoms with E-state index < -0.39 is 24.5 Å². The predicted molar refractivity (Wildman–Crippen MR) is 174 cm³/mol. The molecular weight excluding hydrogens is 531 g/mol. The van der Waals surface area contributed by atoms with Gasteiger partial charge in [0.15, 0.2) is 12.0 Å². The Morgan fingerprint density at radius 2 is 1.28 bits per heavy atom. The predicted octanol–water partition coefficient (Wildman–Crippen LogP) is 9.02. The minimum Gasteiger partial charge on any atom is -0.217 e. The van der Waals surface area contributed by atoms with E-state index in [9.17, 15) is 0 Å². The molecule has 0 aliphatic carbocycles. The van der Waals surface area contributed by atoms with Crippen molar-refractivity contribution < 1.29 is 17.2 Å². The molecular formula is C38H42FN4+. The lowest BCUT2D eigenvalue weighted by atomic mass is 9.91. The van der Waals surface area contributed by atoms with Crippen molar-refractivity contribution in [1.29, 1.82) is 0 Å². The van der Waals surface area contributed by atoms with Crippen LogP contribution in [0, 0.1) is 26.4 Å². The molecule has 0 spiro atoms. The van der Waals surface area contributed by atoms with E-state index in [2.05, 4.69) is 0 Å². The molecule has 0 unspecified atom stereocenters. The van der Waals surface area contributed by atoms with E-state index in [1.165, 1.54) is 18.2 Å². The number of benzene rings is 3. The van der Waals surface area contributed by atoms with Gasteiger partial charge in [-0.1, -0.05) is 71.9 Å². The Hall–Kier alpha value is -4.25. The van der Waals surface area contributed by atoms with Crippen molar-refractivity contribution in [3.8, 4) is 44.9 Å². The summed E-state index contributed by atoms with van der Waals surface area (Å²) < 4.78 is 68.7. The van der Waals surface area contributed by atoms with E-state index in [0.717, 1.165) is 5.56 Å². The van der Waals surface area contributed by atoms with Crippen molar-refractivity contribution in [2.24, 2.45) is 7.05 Å². The molecule has 3 aromatic carbocycles. The van der Waals surface area contributed by atoms with Gasteiger partial charge in [-0.2, -0.15) is 0 Å². The molecule has 0 aliphatic rings. The number of hydrogen-bond acceptors (Lipinski definition) is 3. The number of aryl methyl sites for hydroxylation is 4. The molecule has 5 aromatic rings. The van der Waals surface area contributed by atoms with Gasteiger partial charge >= 0.3 is 0 Å². The summed E-state index contributed by atoms with van der Waals surface area (Å²) in [7, 11) is 1.84. The lowest BCUT2D eigenvalue weighted by Gasteiger charge is -2.23. The van der Waals surface area contributed by atoms with E-state index in [0.29, 0.717) is 39.6 Å². The highest BCUT2D eigenvalue weighted by Gasteiger charge is 2.26. The Bertz CT molecular complexity index is 1970. The van der Waals surface area contributed by atoms with Crippen LogP contribution in [-0.2, 0) is 17.9 Å². The summed E-state index contributed by atoms with van der Waals surface area (Å²) in [6.45, 7) is 8.27. The maximum atomic E-state index is 15.3. The molecule has 0 bridgehead atoms. The fourth-order valence-electron chi connectivity index (χ4n) is 5.04. The molecule has 0 saturated carbocycles. The molecule has 2 aromatic heterocycles. The third-order valence-electron chi connectivity index (χ3n) is 7.49. The summed E-state index contributed by atoms with van der Waals surface area (Å²) in [6, 6.07) is 18.9. The van der Waals surface area contributed by atoms with Crippen molar-refractivity contribution in [1.82, 2.24) is 15.0 Å². The fraction of sp³-hybridized carbons (Fsp3) is 0.316. The topological polar surface area (TPSA) is 42.6 Å². The van der Waals surface area contributed by atoms with Gasteiger partial charge in [0.25, 0.3) is 0 Å². The van der Waals surface area contributed by atoms with Crippen LogP contribution >= 0.6 is 0 Å². The van der Waals surface area contributed by atoms with Gasteiger partial charge < -0.3 is 0 Å². The number of rotatable bonds is 4. The van der Waals surface area contributed by atoms with Crippen LogP contribution in [0.2, 0.25) is 0 Å². The number of aromatic nitrogens is 4. The van der Waals surface area contributed by atoms with E-state index in [4.69, 9.17) is 23.2 Å². The molecule has 4 nitrogen and oxygen atoms in total. The van der Waals surface area contributed by atoms with Gasteiger partial charge in [0, 0.05) is 47.9 Å². The van der Waals surface area contributed by atoms with Crippen LogP contribution in [0.1, 0.15) is 78.1 Å². The molecule has 0 N–H and O–H groups in total. The van der Waals surface area contributed by atoms with Crippen LogP contribution in [0.5, 0.6) is 0 Å². The van der Waals surface area contributed by atoms with Crippen LogP contribution in [0.25, 0.3) is 44.9 Å². The Morgan fingerprint density at radius 3 is 1.84 bits per heavy atom. The van der Waals surface area contributed by atoms with Crippen LogP contribution in [0.3, 0.4) is 0 Å². The van der Waals surface area contributed by atoms with Gasteiger partial charge in [-0.3, -0.25) is 0 Å². The SMILES string of the molecule is [2H]C([2H])([2H])c1cc(-c2nc(C(C)(C)C)nc(C(C)(C)C)n2)cc(C([2H])([2H])[2H])c1-c1cc[n+](C)c(-c2cc(-c3ccccc3)c(F)cc2C)c1. The normalized spacial score (nSPS) is 14.7. The molecule has 5 heteroatoms.